The highest BCUT2D eigenvalue weighted by Gasteiger charge is 2.25. The van der Waals surface area contributed by atoms with Crippen molar-refractivity contribution in [3.05, 3.63) is 0 Å². The smallest absolute Gasteiger partial charge is 0.00818 e. The van der Waals surface area contributed by atoms with Gasteiger partial charge in [-0.25, -0.2) is 0 Å². The Hall–Kier alpha value is -0.0800. The molecule has 3 atom stereocenters. The van der Waals surface area contributed by atoms with E-state index in [1.807, 2.05) is 0 Å². The Morgan fingerprint density at radius 2 is 1.94 bits per heavy atom. The Kier molecular flexibility index (Phi) is 5.77. The lowest BCUT2D eigenvalue weighted by atomic mass is 9.92. The molecule has 1 fully saturated rings. The van der Waals surface area contributed by atoms with Crippen LogP contribution in [-0.2, 0) is 0 Å². The van der Waals surface area contributed by atoms with Gasteiger partial charge in [0.15, 0.2) is 0 Å². The Morgan fingerprint density at radius 3 is 2.50 bits per heavy atom. The van der Waals surface area contributed by atoms with Gasteiger partial charge in [0.25, 0.3) is 0 Å². The first kappa shape index (κ1) is 14.0. The first-order chi connectivity index (χ1) is 7.50. The molecule has 2 nitrogen and oxygen atoms in total. The van der Waals surface area contributed by atoms with E-state index in [2.05, 4.69) is 44.8 Å². The number of likely N-dealkylation sites (tertiary alicyclic amines) is 1. The minimum absolute atomic E-state index is 0.617. The molecule has 1 saturated heterocycles. The van der Waals surface area contributed by atoms with Gasteiger partial charge in [0.1, 0.15) is 0 Å². The molecule has 0 aliphatic carbocycles. The highest BCUT2D eigenvalue weighted by Crippen LogP contribution is 2.24. The highest BCUT2D eigenvalue weighted by atomic mass is 15.2. The molecule has 1 rings (SSSR count). The molecule has 2 heteroatoms. The van der Waals surface area contributed by atoms with E-state index in [0.29, 0.717) is 6.04 Å². The van der Waals surface area contributed by atoms with Gasteiger partial charge in [0.05, 0.1) is 0 Å². The molecule has 3 unspecified atom stereocenters. The van der Waals surface area contributed by atoms with Crippen molar-refractivity contribution >= 4 is 0 Å². The standard InChI is InChI=1S/C14H30N2/c1-11(2)15-8-6-13(4)16-9-7-12(3)10-14(16)5/h11-15H,6-10H2,1-5H3. The van der Waals surface area contributed by atoms with Crippen LogP contribution < -0.4 is 5.32 Å². The van der Waals surface area contributed by atoms with E-state index >= 15 is 0 Å². The fraction of sp³-hybridized carbons (Fsp3) is 1.00. The SMILES string of the molecule is CC1CCN(C(C)CCNC(C)C)C(C)C1. The van der Waals surface area contributed by atoms with E-state index in [1.54, 1.807) is 0 Å². The summed E-state index contributed by atoms with van der Waals surface area (Å²) in [6, 6.07) is 2.12. The summed E-state index contributed by atoms with van der Waals surface area (Å²) in [6.45, 7) is 14.0. The van der Waals surface area contributed by atoms with E-state index in [0.717, 1.165) is 24.5 Å². The number of hydrogen-bond acceptors (Lipinski definition) is 2. The second kappa shape index (κ2) is 6.61. The third kappa shape index (κ3) is 4.42. The molecule has 0 aromatic heterocycles. The predicted molar refractivity (Wildman–Crippen MR) is 71.8 cm³/mol. The van der Waals surface area contributed by atoms with Crippen LogP contribution in [0.5, 0.6) is 0 Å². The van der Waals surface area contributed by atoms with Crippen molar-refractivity contribution in [1.29, 1.82) is 0 Å². The van der Waals surface area contributed by atoms with Gasteiger partial charge in [-0.05, 0) is 52.1 Å². The van der Waals surface area contributed by atoms with Gasteiger partial charge in [-0.2, -0.15) is 0 Å². The molecule has 16 heavy (non-hydrogen) atoms. The summed E-state index contributed by atoms with van der Waals surface area (Å²) < 4.78 is 0. The van der Waals surface area contributed by atoms with Crippen molar-refractivity contribution in [2.24, 2.45) is 5.92 Å². The quantitative estimate of drug-likeness (QED) is 0.775. The Balaban J connectivity index is 2.27. The van der Waals surface area contributed by atoms with Crippen LogP contribution in [0.4, 0.5) is 0 Å². The molecule has 96 valence electrons. The van der Waals surface area contributed by atoms with Crippen LogP contribution in [0.2, 0.25) is 0 Å². The molecule has 0 saturated carbocycles. The van der Waals surface area contributed by atoms with Gasteiger partial charge in [-0.1, -0.05) is 20.8 Å². The van der Waals surface area contributed by atoms with E-state index in [4.69, 9.17) is 0 Å². The number of piperidine rings is 1. The maximum Gasteiger partial charge on any atom is 0.00818 e. The van der Waals surface area contributed by atoms with Crippen LogP contribution >= 0.6 is 0 Å². The first-order valence-electron chi connectivity index (χ1n) is 6.99. The molecule has 0 bridgehead atoms. The monoisotopic (exact) mass is 226 g/mol. The zero-order valence-electron chi connectivity index (χ0n) is 11.8. The molecule has 1 aliphatic heterocycles. The summed E-state index contributed by atoms with van der Waals surface area (Å²) in [6.07, 6.45) is 4.03. The van der Waals surface area contributed by atoms with Gasteiger partial charge in [0.2, 0.25) is 0 Å². The average Bonchev–Trinajstić information content (AvgIpc) is 2.16. The lowest BCUT2D eigenvalue weighted by Crippen LogP contribution is -2.46. The number of hydrogen-bond donors (Lipinski definition) is 1. The number of rotatable bonds is 5. The van der Waals surface area contributed by atoms with Gasteiger partial charge in [0, 0.05) is 18.1 Å². The van der Waals surface area contributed by atoms with Crippen molar-refractivity contribution < 1.29 is 0 Å². The van der Waals surface area contributed by atoms with Crippen molar-refractivity contribution in [2.75, 3.05) is 13.1 Å². The maximum atomic E-state index is 3.51. The van der Waals surface area contributed by atoms with E-state index < -0.39 is 0 Å². The molecule has 0 aromatic carbocycles. The second-order valence-corrected chi connectivity index (χ2v) is 5.96. The lowest BCUT2D eigenvalue weighted by molar-refractivity contribution is 0.0852. The van der Waals surface area contributed by atoms with E-state index in [-0.39, 0.29) is 0 Å². The lowest BCUT2D eigenvalue weighted by Gasteiger charge is -2.40. The van der Waals surface area contributed by atoms with Gasteiger partial charge < -0.3 is 5.32 Å². The molecule has 0 radical (unpaired) electrons. The average molecular weight is 226 g/mol. The molecular formula is C14H30N2. The Morgan fingerprint density at radius 1 is 1.25 bits per heavy atom. The summed E-state index contributed by atoms with van der Waals surface area (Å²) in [5.41, 5.74) is 0. The molecule has 1 aliphatic rings. The van der Waals surface area contributed by atoms with Crippen molar-refractivity contribution in [3.8, 4) is 0 Å². The van der Waals surface area contributed by atoms with Crippen LogP contribution in [0.25, 0.3) is 0 Å². The first-order valence-corrected chi connectivity index (χ1v) is 6.99. The molecule has 0 aromatic rings. The fourth-order valence-corrected chi connectivity index (χ4v) is 2.83. The fourth-order valence-electron chi connectivity index (χ4n) is 2.83. The summed E-state index contributed by atoms with van der Waals surface area (Å²) in [5.74, 6) is 0.923. The summed E-state index contributed by atoms with van der Waals surface area (Å²) >= 11 is 0. The zero-order valence-corrected chi connectivity index (χ0v) is 11.8. The van der Waals surface area contributed by atoms with Crippen LogP contribution in [0.1, 0.15) is 53.9 Å². The second-order valence-electron chi connectivity index (χ2n) is 5.96. The third-order valence-electron chi connectivity index (χ3n) is 3.87. The number of nitrogens with one attached hydrogen (secondary N) is 1. The Labute approximate surface area is 102 Å². The van der Waals surface area contributed by atoms with Crippen molar-refractivity contribution in [3.63, 3.8) is 0 Å². The molecule has 0 spiro atoms. The van der Waals surface area contributed by atoms with E-state index in [1.165, 1.54) is 25.8 Å². The number of nitrogens with zero attached hydrogens (tertiary/aromatic N) is 1. The van der Waals surface area contributed by atoms with Gasteiger partial charge >= 0.3 is 0 Å². The summed E-state index contributed by atoms with van der Waals surface area (Å²) in [5, 5.41) is 3.51. The minimum atomic E-state index is 0.617. The van der Waals surface area contributed by atoms with Crippen molar-refractivity contribution in [2.45, 2.75) is 72.0 Å². The third-order valence-corrected chi connectivity index (χ3v) is 3.87. The highest BCUT2D eigenvalue weighted by molar-refractivity contribution is 4.81. The van der Waals surface area contributed by atoms with Gasteiger partial charge in [-0.15, -0.1) is 0 Å². The van der Waals surface area contributed by atoms with Gasteiger partial charge in [-0.3, -0.25) is 4.90 Å². The normalized spacial score (nSPS) is 29.6. The molecule has 1 N–H and O–H groups in total. The summed E-state index contributed by atoms with van der Waals surface area (Å²) in [4.78, 5) is 2.70. The maximum absolute atomic E-state index is 3.51. The molecule has 1 heterocycles. The van der Waals surface area contributed by atoms with Crippen molar-refractivity contribution in [1.82, 2.24) is 10.2 Å². The van der Waals surface area contributed by atoms with E-state index in [9.17, 15) is 0 Å². The molecular weight excluding hydrogens is 196 g/mol. The minimum Gasteiger partial charge on any atom is -0.314 e. The van der Waals surface area contributed by atoms with Crippen LogP contribution in [0.3, 0.4) is 0 Å². The van der Waals surface area contributed by atoms with Crippen LogP contribution in [-0.4, -0.2) is 36.1 Å². The Bertz CT molecular complexity index is 191. The summed E-state index contributed by atoms with van der Waals surface area (Å²) in [7, 11) is 0. The molecule has 0 amide bonds. The predicted octanol–water partition coefficient (Wildman–Crippen LogP) is 2.88. The zero-order chi connectivity index (χ0) is 12.1. The van der Waals surface area contributed by atoms with Crippen LogP contribution in [0.15, 0.2) is 0 Å². The largest absolute Gasteiger partial charge is 0.314 e. The topological polar surface area (TPSA) is 15.3 Å². The van der Waals surface area contributed by atoms with Crippen LogP contribution in [0, 0.1) is 5.92 Å².